The lowest BCUT2D eigenvalue weighted by molar-refractivity contribution is 0.368. The number of nitrogens with zero attached hydrogens (tertiary/aromatic N) is 1. The molecule has 0 N–H and O–H groups in total. The first-order valence-corrected chi connectivity index (χ1v) is 5.80. The average Bonchev–Trinajstić information content (AvgIpc) is 2.07. The second-order valence-electron chi connectivity index (χ2n) is 3.40. The van der Waals surface area contributed by atoms with E-state index in [2.05, 4.69) is 0 Å². The summed E-state index contributed by atoms with van der Waals surface area (Å²) in [7, 11) is 0. The van der Waals surface area contributed by atoms with E-state index in [1.54, 1.807) is 0 Å². The van der Waals surface area contributed by atoms with Crippen LogP contribution >= 0.6 is 11.6 Å². The molecule has 80 valence electrons. The van der Waals surface area contributed by atoms with Crippen LogP contribution < -0.4 is 0 Å². The van der Waals surface area contributed by atoms with E-state index in [1.807, 2.05) is 26.0 Å². The first-order valence-electron chi connectivity index (χ1n) is 4.39. The Bertz CT molecular complexity index is 297. The smallest absolute Gasteiger partial charge is 0.0289 e. The third-order valence-electron chi connectivity index (χ3n) is 2.15. The molecule has 1 rings (SSSR count). The lowest BCUT2D eigenvalue weighted by atomic mass is 9.97. The second kappa shape index (κ2) is 5.07. The van der Waals surface area contributed by atoms with E-state index in [0.717, 1.165) is 10.6 Å². The highest BCUT2D eigenvalue weighted by Crippen LogP contribution is 2.21. The molecule has 0 saturated heterocycles. The summed E-state index contributed by atoms with van der Waals surface area (Å²) in [6.07, 6.45) is 3.78. The lowest BCUT2D eigenvalue weighted by Crippen LogP contribution is -2.34. The van der Waals surface area contributed by atoms with Gasteiger partial charge in [-0.1, -0.05) is 24.6 Å². The summed E-state index contributed by atoms with van der Waals surface area (Å²) in [5.74, 6) is 0.204. The summed E-state index contributed by atoms with van der Waals surface area (Å²) in [4.78, 5) is 0. The van der Waals surface area contributed by atoms with Crippen LogP contribution in [-0.2, 0) is 11.3 Å². The van der Waals surface area contributed by atoms with E-state index in [9.17, 15) is 8.76 Å². The molecule has 0 spiro atoms. The predicted molar refractivity (Wildman–Crippen MR) is 57.3 cm³/mol. The fraction of sp³-hybridized carbons (Fsp3) is 0.556. The predicted octanol–water partition coefficient (Wildman–Crippen LogP) is 1.80. The molecule has 1 heterocycles. The molecule has 5 heteroatoms. The van der Waals surface area contributed by atoms with E-state index >= 15 is 0 Å². The molecule has 3 nitrogen and oxygen atoms in total. The standard InChI is InChI=1S/C9H14ClNO2S/c1-7-6-11(14(12)13)4-3-9(7)5-8(2)10/h3,5,7H,4,6H2,1-2H3,(H,12,13)/p-1/t7-/m0/s1. The van der Waals surface area contributed by atoms with Crippen molar-refractivity contribution >= 4 is 22.9 Å². The number of hydrogen-bond acceptors (Lipinski definition) is 2. The highest BCUT2D eigenvalue weighted by molar-refractivity contribution is 7.76. The van der Waals surface area contributed by atoms with Crippen LogP contribution in [0, 0.1) is 5.92 Å². The molecule has 0 saturated carbocycles. The molecular weight excluding hydrogens is 222 g/mol. The van der Waals surface area contributed by atoms with Crippen LogP contribution in [0.2, 0.25) is 0 Å². The summed E-state index contributed by atoms with van der Waals surface area (Å²) in [6, 6.07) is 0. The molecule has 1 aliphatic rings. The van der Waals surface area contributed by atoms with Gasteiger partial charge in [-0.05, 0) is 24.5 Å². The van der Waals surface area contributed by atoms with Gasteiger partial charge < -0.3 is 4.55 Å². The zero-order valence-electron chi connectivity index (χ0n) is 8.20. The van der Waals surface area contributed by atoms with Gasteiger partial charge in [0.1, 0.15) is 0 Å². The Morgan fingerprint density at radius 1 is 1.86 bits per heavy atom. The van der Waals surface area contributed by atoms with Crippen molar-refractivity contribution in [2.45, 2.75) is 13.8 Å². The Morgan fingerprint density at radius 3 is 2.93 bits per heavy atom. The fourth-order valence-corrected chi connectivity index (χ4v) is 2.11. The number of rotatable bonds is 2. The Balaban J connectivity index is 2.74. The molecule has 0 fully saturated rings. The SMILES string of the molecule is CC(Cl)=CC1=CCN(S(=O)[O-])C[C@@H]1C. The van der Waals surface area contributed by atoms with Gasteiger partial charge in [0.15, 0.2) is 0 Å². The van der Waals surface area contributed by atoms with Gasteiger partial charge >= 0.3 is 0 Å². The Morgan fingerprint density at radius 2 is 2.50 bits per heavy atom. The van der Waals surface area contributed by atoms with Crippen molar-refractivity contribution in [1.82, 2.24) is 4.31 Å². The summed E-state index contributed by atoms with van der Waals surface area (Å²) >= 11 is 3.65. The van der Waals surface area contributed by atoms with Gasteiger partial charge in [-0.3, -0.25) is 4.21 Å². The number of halogens is 1. The van der Waals surface area contributed by atoms with Gasteiger partial charge in [0.2, 0.25) is 0 Å². The van der Waals surface area contributed by atoms with Crippen LogP contribution in [0.15, 0.2) is 22.8 Å². The average molecular weight is 235 g/mol. The summed E-state index contributed by atoms with van der Waals surface area (Å²) in [6.45, 7) is 4.77. The number of hydrogen-bond donors (Lipinski definition) is 0. The Labute approximate surface area is 91.8 Å². The van der Waals surface area contributed by atoms with Gasteiger partial charge in [-0.25, -0.2) is 4.31 Å². The zero-order chi connectivity index (χ0) is 10.7. The molecular formula is C9H13ClNO2S-. The maximum atomic E-state index is 10.7. The maximum Gasteiger partial charge on any atom is 0.0289 e. The Kier molecular flexibility index (Phi) is 4.31. The molecule has 0 aromatic heterocycles. The monoisotopic (exact) mass is 234 g/mol. The molecule has 0 aromatic rings. The number of allylic oxidation sites excluding steroid dienone is 2. The molecule has 1 unspecified atom stereocenters. The van der Waals surface area contributed by atoms with Crippen molar-refractivity contribution in [3.05, 3.63) is 22.8 Å². The van der Waals surface area contributed by atoms with E-state index < -0.39 is 11.3 Å². The van der Waals surface area contributed by atoms with Crippen LogP contribution in [0.5, 0.6) is 0 Å². The van der Waals surface area contributed by atoms with E-state index in [4.69, 9.17) is 11.6 Å². The van der Waals surface area contributed by atoms with Crippen LogP contribution in [0.4, 0.5) is 0 Å². The maximum absolute atomic E-state index is 10.7. The van der Waals surface area contributed by atoms with Crippen molar-refractivity contribution < 1.29 is 8.76 Å². The summed E-state index contributed by atoms with van der Waals surface area (Å²) < 4.78 is 22.8. The minimum absolute atomic E-state index is 0.204. The largest absolute Gasteiger partial charge is 0.760 e. The van der Waals surface area contributed by atoms with Crippen molar-refractivity contribution in [3.8, 4) is 0 Å². The molecule has 2 atom stereocenters. The van der Waals surface area contributed by atoms with E-state index in [-0.39, 0.29) is 5.92 Å². The van der Waals surface area contributed by atoms with Gasteiger partial charge in [-0.15, -0.1) is 0 Å². The second-order valence-corrected chi connectivity index (χ2v) is 4.95. The zero-order valence-corrected chi connectivity index (χ0v) is 9.77. The molecule has 0 amide bonds. The molecule has 0 radical (unpaired) electrons. The van der Waals surface area contributed by atoms with Crippen molar-refractivity contribution in [3.63, 3.8) is 0 Å². The summed E-state index contributed by atoms with van der Waals surface area (Å²) in [5.41, 5.74) is 1.11. The van der Waals surface area contributed by atoms with Crippen LogP contribution in [0.1, 0.15) is 13.8 Å². The molecule has 1 aliphatic heterocycles. The summed E-state index contributed by atoms with van der Waals surface area (Å²) in [5, 5.41) is 0.722. The first kappa shape index (κ1) is 11.9. The van der Waals surface area contributed by atoms with Gasteiger partial charge in [-0.2, -0.15) is 0 Å². The van der Waals surface area contributed by atoms with Gasteiger partial charge in [0, 0.05) is 29.4 Å². The van der Waals surface area contributed by atoms with Crippen LogP contribution in [0.3, 0.4) is 0 Å². The topological polar surface area (TPSA) is 43.4 Å². The van der Waals surface area contributed by atoms with Gasteiger partial charge in [0.25, 0.3) is 0 Å². The molecule has 0 bridgehead atoms. The third kappa shape index (κ3) is 3.20. The van der Waals surface area contributed by atoms with Crippen molar-refractivity contribution in [1.29, 1.82) is 0 Å². The molecule has 0 aromatic carbocycles. The van der Waals surface area contributed by atoms with Gasteiger partial charge in [0.05, 0.1) is 0 Å². The lowest BCUT2D eigenvalue weighted by Gasteiger charge is -2.31. The molecule has 14 heavy (non-hydrogen) atoms. The fourth-order valence-electron chi connectivity index (χ4n) is 1.45. The van der Waals surface area contributed by atoms with E-state index in [1.165, 1.54) is 4.31 Å². The highest BCUT2D eigenvalue weighted by Gasteiger charge is 2.17. The van der Waals surface area contributed by atoms with Crippen molar-refractivity contribution in [2.24, 2.45) is 5.92 Å². The minimum atomic E-state index is -2.12. The highest BCUT2D eigenvalue weighted by atomic mass is 35.5. The quantitative estimate of drug-likeness (QED) is 0.684. The van der Waals surface area contributed by atoms with Crippen molar-refractivity contribution in [2.75, 3.05) is 13.1 Å². The van der Waals surface area contributed by atoms with E-state index in [0.29, 0.717) is 13.1 Å². The normalized spacial score (nSPS) is 27.3. The minimum Gasteiger partial charge on any atom is -0.760 e. The first-order chi connectivity index (χ1) is 6.50. The third-order valence-corrected chi connectivity index (χ3v) is 2.98. The molecule has 0 aliphatic carbocycles. The Hall–Kier alpha value is -0.160. The van der Waals surface area contributed by atoms with Crippen LogP contribution in [0.25, 0.3) is 0 Å². The van der Waals surface area contributed by atoms with Crippen LogP contribution in [-0.4, -0.2) is 26.2 Å².